The average molecular weight is 464 g/mol. The summed E-state index contributed by atoms with van der Waals surface area (Å²) >= 11 is 6.30. The van der Waals surface area contributed by atoms with E-state index < -0.39 is 0 Å². The third-order valence-corrected chi connectivity index (χ3v) is 5.15. The summed E-state index contributed by atoms with van der Waals surface area (Å²) in [6, 6.07) is 15.0. The van der Waals surface area contributed by atoms with Crippen LogP contribution in [0.4, 0.5) is 34.9 Å². The number of aromatic nitrogens is 4. The number of likely N-dealkylation sites (N-methyl/N-ethyl adjacent to an activating group) is 1. The molecule has 0 aliphatic heterocycles. The first-order valence-electron chi connectivity index (χ1n) is 10.5. The smallest absolute Gasteiger partial charge is 0.233 e. The van der Waals surface area contributed by atoms with E-state index in [2.05, 4.69) is 40.8 Å². The van der Waals surface area contributed by atoms with E-state index in [1.807, 2.05) is 63.5 Å². The molecule has 2 heterocycles. The molecule has 0 radical (unpaired) electrons. The molecule has 0 bridgehead atoms. The van der Waals surface area contributed by atoms with Crippen molar-refractivity contribution in [2.75, 3.05) is 48.9 Å². The summed E-state index contributed by atoms with van der Waals surface area (Å²) in [5.74, 6) is 1.19. The summed E-state index contributed by atoms with van der Waals surface area (Å²) in [6.45, 7) is 3.43. The number of nitrogens with two attached hydrogens (primary N) is 1. The van der Waals surface area contributed by atoms with Gasteiger partial charge in [0.15, 0.2) is 0 Å². The molecule has 4 rings (SSSR count). The lowest BCUT2D eigenvalue weighted by molar-refractivity contribution is 0.425. The van der Waals surface area contributed by atoms with Crippen molar-refractivity contribution in [1.82, 2.24) is 24.8 Å². The van der Waals surface area contributed by atoms with Crippen LogP contribution in [0, 0.1) is 6.92 Å². The first kappa shape index (κ1) is 22.5. The van der Waals surface area contributed by atoms with Gasteiger partial charge < -0.3 is 26.6 Å². The van der Waals surface area contributed by atoms with Crippen molar-refractivity contribution in [1.29, 1.82) is 0 Å². The lowest BCUT2D eigenvalue weighted by atomic mass is 10.1. The third kappa shape index (κ3) is 5.76. The number of para-hydroxylation sites is 1. The summed E-state index contributed by atoms with van der Waals surface area (Å²) in [5, 5.41) is 11.1. The molecule has 2 aromatic carbocycles. The molecule has 10 heteroatoms. The Morgan fingerprint density at radius 1 is 0.909 bits per heavy atom. The maximum Gasteiger partial charge on any atom is 0.233 e. The van der Waals surface area contributed by atoms with Gasteiger partial charge in [0.1, 0.15) is 0 Å². The normalized spacial score (nSPS) is 11.1. The highest BCUT2D eigenvalue weighted by molar-refractivity contribution is 6.33. The summed E-state index contributed by atoms with van der Waals surface area (Å²) in [4.78, 5) is 20.1. The third-order valence-electron chi connectivity index (χ3n) is 4.82. The number of pyridine rings is 1. The van der Waals surface area contributed by atoms with Crippen LogP contribution in [0.5, 0.6) is 0 Å². The number of hydrogen-bond acceptors (Lipinski definition) is 9. The molecule has 9 nitrogen and oxygen atoms in total. The van der Waals surface area contributed by atoms with Crippen LogP contribution in [0.2, 0.25) is 5.02 Å². The molecule has 0 aliphatic rings. The minimum atomic E-state index is 0.366. The van der Waals surface area contributed by atoms with E-state index in [0.717, 1.165) is 28.8 Å². The standard InChI is InChI=1S/C23H26ClN9/c1-14-12-18(25)16-13-15(8-9-19(16)27-14)28-22-30-21(26-10-11-33(2)3)31-23(32-22)29-20-7-5-4-6-17(20)24/h4-9,12-13H,10-11H2,1-3H3,(H2,25,27)(H3,26,28,29,30,31,32). The summed E-state index contributed by atoms with van der Waals surface area (Å²) in [5.41, 5.74) is 10.1. The number of halogens is 1. The fourth-order valence-electron chi connectivity index (χ4n) is 3.24. The number of fused-ring (bicyclic) bond motifs is 1. The minimum absolute atomic E-state index is 0.366. The quantitative estimate of drug-likeness (QED) is 0.301. The summed E-state index contributed by atoms with van der Waals surface area (Å²) in [6.07, 6.45) is 0. The van der Waals surface area contributed by atoms with Gasteiger partial charge in [-0.05, 0) is 57.4 Å². The molecular weight excluding hydrogens is 438 g/mol. The lowest BCUT2D eigenvalue weighted by Crippen LogP contribution is -2.22. The van der Waals surface area contributed by atoms with E-state index in [1.54, 1.807) is 6.07 Å². The maximum absolute atomic E-state index is 6.30. The molecule has 2 aromatic heterocycles. The zero-order valence-corrected chi connectivity index (χ0v) is 19.5. The Labute approximate surface area is 197 Å². The molecule has 0 saturated heterocycles. The van der Waals surface area contributed by atoms with Crippen LogP contribution in [-0.2, 0) is 0 Å². The number of aryl methyl sites for hydroxylation is 1. The van der Waals surface area contributed by atoms with Gasteiger partial charge in [0, 0.05) is 35.5 Å². The van der Waals surface area contributed by atoms with Gasteiger partial charge in [-0.1, -0.05) is 23.7 Å². The second-order valence-corrected chi connectivity index (χ2v) is 8.26. The van der Waals surface area contributed by atoms with Gasteiger partial charge in [-0.3, -0.25) is 4.98 Å². The van der Waals surface area contributed by atoms with E-state index >= 15 is 0 Å². The number of hydrogen-bond donors (Lipinski definition) is 4. The molecule has 170 valence electrons. The largest absolute Gasteiger partial charge is 0.398 e. The predicted molar refractivity (Wildman–Crippen MR) is 136 cm³/mol. The molecule has 4 aromatic rings. The number of benzene rings is 2. The van der Waals surface area contributed by atoms with Gasteiger partial charge >= 0.3 is 0 Å². The molecule has 0 amide bonds. The molecular formula is C23H26ClN9. The number of anilines is 6. The van der Waals surface area contributed by atoms with Gasteiger partial charge in [-0.25, -0.2) is 0 Å². The van der Waals surface area contributed by atoms with Gasteiger partial charge in [0.2, 0.25) is 17.8 Å². The van der Waals surface area contributed by atoms with Crippen molar-refractivity contribution >= 4 is 57.4 Å². The highest BCUT2D eigenvalue weighted by Gasteiger charge is 2.10. The van der Waals surface area contributed by atoms with Gasteiger partial charge in [-0.15, -0.1) is 0 Å². The van der Waals surface area contributed by atoms with Crippen molar-refractivity contribution in [2.24, 2.45) is 0 Å². The van der Waals surface area contributed by atoms with Crippen LogP contribution in [-0.4, -0.2) is 52.0 Å². The Morgan fingerprint density at radius 3 is 2.39 bits per heavy atom. The average Bonchev–Trinajstić information content (AvgIpc) is 2.75. The highest BCUT2D eigenvalue weighted by Crippen LogP contribution is 2.27. The van der Waals surface area contributed by atoms with Crippen molar-refractivity contribution in [2.45, 2.75) is 6.92 Å². The second-order valence-electron chi connectivity index (χ2n) is 7.85. The predicted octanol–water partition coefficient (Wildman–Crippen LogP) is 4.42. The topological polar surface area (TPSA) is 117 Å². The molecule has 0 saturated carbocycles. The van der Waals surface area contributed by atoms with Crippen molar-refractivity contribution in [3.05, 3.63) is 59.2 Å². The fourth-order valence-corrected chi connectivity index (χ4v) is 3.42. The van der Waals surface area contributed by atoms with Crippen molar-refractivity contribution < 1.29 is 0 Å². The molecule has 0 unspecified atom stereocenters. The van der Waals surface area contributed by atoms with E-state index in [1.165, 1.54) is 0 Å². The zero-order valence-electron chi connectivity index (χ0n) is 18.7. The van der Waals surface area contributed by atoms with E-state index in [4.69, 9.17) is 17.3 Å². The van der Waals surface area contributed by atoms with Crippen LogP contribution < -0.4 is 21.7 Å². The van der Waals surface area contributed by atoms with Crippen molar-refractivity contribution in [3.8, 4) is 0 Å². The monoisotopic (exact) mass is 463 g/mol. The molecule has 33 heavy (non-hydrogen) atoms. The summed E-state index contributed by atoms with van der Waals surface area (Å²) in [7, 11) is 4.02. The Kier molecular flexibility index (Phi) is 6.71. The van der Waals surface area contributed by atoms with Crippen LogP contribution in [0.1, 0.15) is 5.69 Å². The van der Waals surface area contributed by atoms with Crippen LogP contribution in [0.25, 0.3) is 10.9 Å². The molecule has 0 aliphatic carbocycles. The highest BCUT2D eigenvalue weighted by atomic mass is 35.5. The first-order chi connectivity index (χ1) is 15.9. The number of nitrogens with zero attached hydrogens (tertiary/aromatic N) is 5. The van der Waals surface area contributed by atoms with Crippen LogP contribution in [0.3, 0.4) is 0 Å². The zero-order chi connectivity index (χ0) is 23.4. The van der Waals surface area contributed by atoms with E-state index in [0.29, 0.717) is 40.8 Å². The Balaban J connectivity index is 1.64. The van der Waals surface area contributed by atoms with E-state index in [-0.39, 0.29) is 0 Å². The second kappa shape index (κ2) is 9.85. The molecule has 0 fully saturated rings. The van der Waals surface area contributed by atoms with Gasteiger partial charge in [0.05, 0.1) is 16.2 Å². The number of rotatable bonds is 8. The van der Waals surface area contributed by atoms with Gasteiger partial charge in [-0.2, -0.15) is 15.0 Å². The Bertz CT molecular complexity index is 1280. The lowest BCUT2D eigenvalue weighted by Gasteiger charge is -2.14. The van der Waals surface area contributed by atoms with Gasteiger partial charge in [0.25, 0.3) is 0 Å². The van der Waals surface area contributed by atoms with E-state index in [9.17, 15) is 0 Å². The van der Waals surface area contributed by atoms with Crippen molar-refractivity contribution in [3.63, 3.8) is 0 Å². The first-order valence-corrected chi connectivity index (χ1v) is 10.9. The van der Waals surface area contributed by atoms with Crippen LogP contribution in [0.15, 0.2) is 48.5 Å². The SMILES string of the molecule is Cc1cc(N)c2cc(Nc3nc(NCCN(C)C)nc(Nc4ccccc4Cl)n3)ccc2n1. The number of nitrogens with one attached hydrogen (secondary N) is 3. The summed E-state index contributed by atoms with van der Waals surface area (Å²) < 4.78 is 0. The Morgan fingerprint density at radius 2 is 1.64 bits per heavy atom. The maximum atomic E-state index is 6.30. The molecule has 0 spiro atoms. The number of nitrogen functional groups attached to an aromatic ring is 1. The molecule has 5 N–H and O–H groups in total. The van der Waals surface area contributed by atoms with Crippen LogP contribution >= 0.6 is 11.6 Å². The fraction of sp³-hybridized carbons (Fsp3) is 0.217. The Hall–Kier alpha value is -3.69. The minimum Gasteiger partial charge on any atom is -0.398 e. The molecule has 0 atom stereocenters.